The minimum atomic E-state index is -4.95. The number of carbonyl (C=O) groups is 4. The molecule has 17 nitrogen and oxygen atoms in total. The van der Waals surface area contributed by atoms with E-state index in [0.717, 1.165) is 108 Å². The Bertz CT molecular complexity index is 1720. The van der Waals surface area contributed by atoms with Gasteiger partial charge in [0.1, 0.15) is 19.3 Å². The first-order valence-electron chi connectivity index (χ1n) is 35.3. The number of rotatable bonds is 66. The number of aliphatic hydroxyl groups excluding tert-OH is 1. The van der Waals surface area contributed by atoms with Gasteiger partial charge in [0, 0.05) is 25.7 Å². The SMILES string of the molecule is CCCCCCCCCCCCCCC(=O)O[C@H](COC(=O)CCCCCCCCC(C)C)COP(=O)(O)OC[C@H](O)COP(=O)(O)OC[C@@H](COC(=O)CCCCCCCCCCCCC(C)C)OC(=O)CCCCCCCCCCCCC(C)C. The fourth-order valence-corrected chi connectivity index (χ4v) is 11.8. The van der Waals surface area contributed by atoms with E-state index in [0.29, 0.717) is 31.6 Å². The lowest BCUT2D eigenvalue weighted by Crippen LogP contribution is -2.30. The molecule has 516 valence electrons. The van der Waals surface area contributed by atoms with E-state index in [4.69, 9.17) is 37.0 Å². The molecule has 0 aromatic rings. The lowest BCUT2D eigenvalue weighted by Gasteiger charge is -2.21. The maximum atomic E-state index is 13.0. The lowest BCUT2D eigenvalue weighted by atomic mass is 10.0. The Morgan fingerprint density at radius 3 is 0.782 bits per heavy atom. The molecular weight excluding hydrogens is 1150 g/mol. The Hall–Kier alpha value is -1.94. The van der Waals surface area contributed by atoms with Crippen LogP contribution in [0.25, 0.3) is 0 Å². The number of esters is 4. The molecule has 0 bridgehead atoms. The number of aliphatic hydroxyl groups is 1. The maximum Gasteiger partial charge on any atom is 0.472 e. The van der Waals surface area contributed by atoms with Gasteiger partial charge in [-0.25, -0.2) is 9.13 Å². The molecule has 0 saturated heterocycles. The summed E-state index contributed by atoms with van der Waals surface area (Å²) in [6.45, 7) is 11.7. The highest BCUT2D eigenvalue weighted by atomic mass is 31.2. The summed E-state index contributed by atoms with van der Waals surface area (Å²) < 4.78 is 68.2. The molecule has 0 rings (SSSR count). The molecular formula is C68H132O17P2. The highest BCUT2D eigenvalue weighted by Gasteiger charge is 2.30. The van der Waals surface area contributed by atoms with Crippen LogP contribution in [-0.2, 0) is 65.4 Å². The molecule has 19 heteroatoms. The van der Waals surface area contributed by atoms with Crippen LogP contribution < -0.4 is 0 Å². The molecule has 0 aliphatic carbocycles. The number of unbranched alkanes of at least 4 members (excludes halogenated alkanes) is 34. The summed E-state index contributed by atoms with van der Waals surface area (Å²) in [6.07, 6.45) is 41.7. The minimum Gasteiger partial charge on any atom is -0.462 e. The summed E-state index contributed by atoms with van der Waals surface area (Å²) in [6, 6.07) is 0. The molecule has 5 atom stereocenters. The zero-order valence-electron chi connectivity index (χ0n) is 56.5. The number of phosphoric ester groups is 2. The molecule has 0 aromatic carbocycles. The van der Waals surface area contributed by atoms with Crippen molar-refractivity contribution in [3.05, 3.63) is 0 Å². The van der Waals surface area contributed by atoms with E-state index in [1.807, 2.05) is 0 Å². The summed E-state index contributed by atoms with van der Waals surface area (Å²) >= 11 is 0. The first-order valence-corrected chi connectivity index (χ1v) is 38.3. The molecule has 3 N–H and O–H groups in total. The first kappa shape index (κ1) is 85.1. The van der Waals surface area contributed by atoms with Gasteiger partial charge in [-0.05, 0) is 43.4 Å². The maximum absolute atomic E-state index is 13.0. The molecule has 0 spiro atoms. The Labute approximate surface area is 530 Å². The third-order valence-electron chi connectivity index (χ3n) is 15.6. The van der Waals surface area contributed by atoms with Gasteiger partial charge in [0.15, 0.2) is 12.2 Å². The Balaban J connectivity index is 5.25. The number of hydrogen-bond donors (Lipinski definition) is 3. The summed E-state index contributed by atoms with van der Waals surface area (Å²) in [4.78, 5) is 72.4. The second-order valence-corrected chi connectivity index (χ2v) is 28.9. The summed E-state index contributed by atoms with van der Waals surface area (Å²) in [5, 5.41) is 10.6. The summed E-state index contributed by atoms with van der Waals surface area (Å²) in [5.74, 6) is 0.0601. The topological polar surface area (TPSA) is 237 Å². The molecule has 2 unspecified atom stereocenters. The van der Waals surface area contributed by atoms with Crippen LogP contribution in [0.3, 0.4) is 0 Å². The zero-order chi connectivity index (χ0) is 64.5. The second kappa shape index (κ2) is 59.1. The third kappa shape index (κ3) is 62.6. The van der Waals surface area contributed by atoms with Gasteiger partial charge in [0.05, 0.1) is 26.4 Å². The lowest BCUT2D eigenvalue weighted by molar-refractivity contribution is -0.161. The van der Waals surface area contributed by atoms with E-state index in [2.05, 4.69) is 48.5 Å². The van der Waals surface area contributed by atoms with E-state index >= 15 is 0 Å². The van der Waals surface area contributed by atoms with Crippen LogP contribution in [-0.4, -0.2) is 96.7 Å². The van der Waals surface area contributed by atoms with Crippen molar-refractivity contribution in [2.45, 2.75) is 356 Å². The van der Waals surface area contributed by atoms with Gasteiger partial charge in [-0.1, -0.05) is 286 Å². The standard InChI is InChI=1S/C68H132O17P2/c1-8-9-10-11-12-13-14-15-23-28-37-44-51-67(72)85-64(56-79-66(71)50-43-36-31-30-34-41-48-61(6)7)58-83-87(76,77)81-54-62(69)53-80-86(74,75)82-57-63(84-68(73)52-45-38-29-24-19-17-21-26-33-40-47-60(4)5)55-78-65(70)49-42-35-27-22-18-16-20-25-32-39-46-59(2)3/h59-64,69H,8-58H2,1-7H3,(H,74,75)(H,76,77)/t62-,63-,64-/m1/s1. The van der Waals surface area contributed by atoms with Crippen molar-refractivity contribution in [2.75, 3.05) is 39.6 Å². The fraction of sp³-hybridized carbons (Fsp3) is 0.941. The molecule has 0 aliphatic rings. The van der Waals surface area contributed by atoms with Crippen molar-refractivity contribution in [1.29, 1.82) is 0 Å². The number of carbonyl (C=O) groups excluding carboxylic acids is 4. The van der Waals surface area contributed by atoms with Crippen molar-refractivity contribution in [2.24, 2.45) is 17.8 Å². The second-order valence-electron chi connectivity index (χ2n) is 26.0. The van der Waals surface area contributed by atoms with E-state index in [1.54, 1.807) is 0 Å². The van der Waals surface area contributed by atoms with Gasteiger partial charge in [-0.15, -0.1) is 0 Å². The van der Waals surface area contributed by atoms with Gasteiger partial charge in [-0.2, -0.15) is 0 Å². The Kier molecular flexibility index (Phi) is 57.8. The van der Waals surface area contributed by atoms with Crippen molar-refractivity contribution in [3.8, 4) is 0 Å². The fourth-order valence-electron chi connectivity index (χ4n) is 10.2. The molecule has 0 aromatic heterocycles. The van der Waals surface area contributed by atoms with Crippen LogP contribution in [0.1, 0.15) is 337 Å². The summed E-state index contributed by atoms with van der Waals surface area (Å²) in [7, 11) is -9.90. The van der Waals surface area contributed by atoms with Crippen molar-refractivity contribution in [3.63, 3.8) is 0 Å². The van der Waals surface area contributed by atoms with Crippen LogP contribution in [0, 0.1) is 17.8 Å². The predicted octanol–water partition coefficient (Wildman–Crippen LogP) is 19.1. The van der Waals surface area contributed by atoms with Crippen LogP contribution in [0.4, 0.5) is 0 Å². The van der Waals surface area contributed by atoms with E-state index in [9.17, 15) is 43.2 Å². The monoisotopic (exact) mass is 1280 g/mol. The predicted molar refractivity (Wildman–Crippen MR) is 349 cm³/mol. The smallest absolute Gasteiger partial charge is 0.462 e. The largest absolute Gasteiger partial charge is 0.472 e. The quantitative estimate of drug-likeness (QED) is 0.0222. The van der Waals surface area contributed by atoms with Crippen molar-refractivity contribution in [1.82, 2.24) is 0 Å². The summed E-state index contributed by atoms with van der Waals surface area (Å²) in [5.41, 5.74) is 0. The van der Waals surface area contributed by atoms with Gasteiger partial charge in [0.25, 0.3) is 0 Å². The van der Waals surface area contributed by atoms with Gasteiger partial charge in [-0.3, -0.25) is 37.3 Å². The van der Waals surface area contributed by atoms with Crippen LogP contribution in [0.5, 0.6) is 0 Å². The highest BCUT2D eigenvalue weighted by Crippen LogP contribution is 2.45. The number of hydrogen-bond acceptors (Lipinski definition) is 15. The van der Waals surface area contributed by atoms with Crippen LogP contribution >= 0.6 is 15.6 Å². The van der Waals surface area contributed by atoms with Crippen molar-refractivity contribution >= 4 is 39.5 Å². The Morgan fingerprint density at radius 1 is 0.310 bits per heavy atom. The molecule has 0 fully saturated rings. The molecule has 0 amide bonds. The third-order valence-corrected chi connectivity index (χ3v) is 17.5. The highest BCUT2D eigenvalue weighted by molar-refractivity contribution is 7.47. The molecule has 0 heterocycles. The first-order chi connectivity index (χ1) is 41.7. The van der Waals surface area contributed by atoms with Crippen molar-refractivity contribution < 1.29 is 80.2 Å². The normalized spacial score (nSPS) is 14.3. The Morgan fingerprint density at radius 2 is 0.529 bits per heavy atom. The van der Waals surface area contributed by atoms with E-state index in [1.165, 1.54) is 141 Å². The van der Waals surface area contributed by atoms with E-state index < -0.39 is 97.5 Å². The number of phosphoric acid groups is 2. The number of ether oxygens (including phenoxy) is 4. The van der Waals surface area contributed by atoms with E-state index in [-0.39, 0.29) is 25.7 Å². The zero-order valence-corrected chi connectivity index (χ0v) is 58.3. The molecule has 87 heavy (non-hydrogen) atoms. The van der Waals surface area contributed by atoms with Crippen LogP contribution in [0.15, 0.2) is 0 Å². The average Bonchev–Trinajstić information content (AvgIpc) is 3.68. The molecule has 0 radical (unpaired) electrons. The van der Waals surface area contributed by atoms with Gasteiger partial charge >= 0.3 is 39.5 Å². The molecule has 0 saturated carbocycles. The molecule has 0 aliphatic heterocycles. The van der Waals surface area contributed by atoms with Crippen LogP contribution in [0.2, 0.25) is 0 Å². The minimum absolute atomic E-state index is 0.105. The average molecular weight is 1280 g/mol. The van der Waals surface area contributed by atoms with Gasteiger partial charge < -0.3 is 33.8 Å². The van der Waals surface area contributed by atoms with Gasteiger partial charge in [0.2, 0.25) is 0 Å².